The normalized spacial score (nSPS) is 43.7. The first kappa shape index (κ1) is 23.7. The number of aliphatic imine (C=N–C) groups is 1. The summed E-state index contributed by atoms with van der Waals surface area (Å²) in [4.78, 5) is 18.0. The zero-order chi connectivity index (χ0) is 23.3. The maximum absolute atomic E-state index is 12.5. The van der Waals surface area contributed by atoms with Crippen molar-refractivity contribution in [3.8, 4) is 0 Å². The quantitative estimate of drug-likeness (QED) is 0.296. The molecular formula is C24H40N4O4. The lowest BCUT2D eigenvalue weighted by molar-refractivity contribution is -0.828. The van der Waals surface area contributed by atoms with Crippen LogP contribution in [-0.2, 0) is 9.53 Å². The number of quaternary nitrogens is 1. The zero-order valence-electron chi connectivity index (χ0n) is 20.0. The fourth-order valence-corrected chi connectivity index (χ4v) is 8.48. The van der Waals surface area contributed by atoms with Gasteiger partial charge in [-0.2, -0.15) is 0 Å². The number of carboxylic acid groups (broad SMARTS) is 1. The van der Waals surface area contributed by atoms with Gasteiger partial charge in [-0.15, -0.1) is 0 Å². The van der Waals surface area contributed by atoms with Crippen molar-refractivity contribution < 1.29 is 24.6 Å². The summed E-state index contributed by atoms with van der Waals surface area (Å²) in [5.74, 6) is 0.393. The third-order valence-electron chi connectivity index (χ3n) is 9.51. The largest absolute Gasteiger partial charge is 0.545 e. The number of aliphatic hydroxyl groups is 1. The molecule has 2 saturated carbocycles. The van der Waals surface area contributed by atoms with Crippen molar-refractivity contribution in [2.24, 2.45) is 39.3 Å². The van der Waals surface area contributed by atoms with Crippen LogP contribution in [0.4, 0.5) is 0 Å². The molecule has 1 saturated heterocycles. The number of piperidine rings is 1. The van der Waals surface area contributed by atoms with E-state index in [4.69, 9.17) is 10.5 Å². The van der Waals surface area contributed by atoms with Crippen LogP contribution in [0.1, 0.15) is 46.0 Å². The molecule has 7 unspecified atom stereocenters. The van der Waals surface area contributed by atoms with E-state index in [1.807, 2.05) is 14.0 Å². The van der Waals surface area contributed by atoms with Gasteiger partial charge in [-0.05, 0) is 64.0 Å². The highest BCUT2D eigenvalue weighted by Crippen LogP contribution is 2.76. The molecule has 1 heterocycles. The van der Waals surface area contributed by atoms with Gasteiger partial charge in [-0.3, -0.25) is 4.90 Å². The highest BCUT2D eigenvalue weighted by molar-refractivity contribution is 5.90. The van der Waals surface area contributed by atoms with Crippen LogP contribution in [0.2, 0.25) is 0 Å². The molecule has 0 aromatic carbocycles. The number of hydrogen-bond donors (Lipinski definition) is 4. The number of nitrogens with two attached hydrogens (primary N) is 1. The highest BCUT2D eigenvalue weighted by Gasteiger charge is 2.75. The van der Waals surface area contributed by atoms with Gasteiger partial charge in [-0.1, -0.05) is 12.5 Å². The summed E-state index contributed by atoms with van der Waals surface area (Å²) < 4.78 is 5.63. The molecule has 0 radical (unpaired) electrons. The maximum atomic E-state index is 12.5. The van der Waals surface area contributed by atoms with E-state index in [2.05, 4.69) is 17.2 Å². The van der Waals surface area contributed by atoms with Crippen molar-refractivity contribution in [1.29, 1.82) is 0 Å². The van der Waals surface area contributed by atoms with Gasteiger partial charge in [-0.25, -0.2) is 4.99 Å². The molecule has 1 aliphatic heterocycles. The number of carboxylic acids is 1. The number of carbonyl (C=O) groups is 1. The number of rotatable bonds is 6. The molecule has 32 heavy (non-hydrogen) atoms. The smallest absolute Gasteiger partial charge is 0.293 e. The second kappa shape index (κ2) is 8.38. The summed E-state index contributed by atoms with van der Waals surface area (Å²) in [6.07, 6.45) is 4.23. The lowest BCUT2D eigenvalue weighted by atomic mass is 9.45. The average molecular weight is 449 g/mol. The van der Waals surface area contributed by atoms with Crippen LogP contribution >= 0.6 is 0 Å². The molecule has 8 heteroatoms. The number of aliphatic carboxylic acids is 1. The summed E-state index contributed by atoms with van der Waals surface area (Å²) in [6.45, 7) is 7.16. The molecule has 3 fully saturated rings. The van der Waals surface area contributed by atoms with Gasteiger partial charge >= 0.3 is 0 Å². The van der Waals surface area contributed by atoms with E-state index in [0.717, 1.165) is 50.9 Å². The Labute approximate surface area is 191 Å². The van der Waals surface area contributed by atoms with Crippen molar-refractivity contribution >= 4 is 11.9 Å². The predicted octanol–water partition coefficient (Wildman–Crippen LogP) is -1.30. The number of nitrogens with one attached hydrogen (secondary N) is 2. The Morgan fingerprint density at radius 2 is 2.16 bits per heavy atom. The summed E-state index contributed by atoms with van der Waals surface area (Å²) >= 11 is 0. The molecule has 3 aliphatic carbocycles. The van der Waals surface area contributed by atoms with Crippen LogP contribution in [0, 0.1) is 28.6 Å². The Bertz CT molecular complexity index is 829. The van der Waals surface area contributed by atoms with E-state index >= 15 is 0 Å². The Morgan fingerprint density at radius 3 is 2.78 bits per heavy atom. The molecule has 5 N–H and O–H groups in total. The molecule has 0 aromatic rings. The number of guanidine groups is 1. The van der Waals surface area contributed by atoms with Gasteiger partial charge in [0.15, 0.2) is 0 Å². The van der Waals surface area contributed by atoms with Crippen molar-refractivity contribution in [2.75, 3.05) is 46.9 Å². The second-order valence-corrected chi connectivity index (χ2v) is 10.6. The van der Waals surface area contributed by atoms with Crippen molar-refractivity contribution in [3.05, 3.63) is 11.1 Å². The fraction of sp³-hybridized carbons (Fsp3) is 0.833. The minimum atomic E-state index is -1.51. The topological polar surface area (TPSA) is 124 Å². The van der Waals surface area contributed by atoms with Crippen LogP contribution in [0.5, 0.6) is 0 Å². The number of ether oxygens (including phenoxy) is 1. The third kappa shape index (κ3) is 3.02. The van der Waals surface area contributed by atoms with Crippen molar-refractivity contribution in [1.82, 2.24) is 5.32 Å². The minimum absolute atomic E-state index is 0.00263. The highest BCUT2D eigenvalue weighted by atomic mass is 16.5. The van der Waals surface area contributed by atoms with E-state index < -0.39 is 17.0 Å². The van der Waals surface area contributed by atoms with Gasteiger partial charge in [0, 0.05) is 36.5 Å². The maximum Gasteiger partial charge on any atom is 0.293 e. The Kier molecular flexibility index (Phi) is 6.20. The number of hydrogen-bond acceptors (Lipinski definition) is 6. The second-order valence-electron chi connectivity index (χ2n) is 10.6. The predicted molar refractivity (Wildman–Crippen MR) is 120 cm³/mol. The van der Waals surface area contributed by atoms with Crippen LogP contribution in [0.3, 0.4) is 0 Å². The summed E-state index contributed by atoms with van der Waals surface area (Å²) in [6, 6.07) is 0. The number of likely N-dealkylation sites (tertiary alicyclic amines) is 1. The number of carbonyl (C=O) groups excluding carboxylic acids is 1. The van der Waals surface area contributed by atoms with Crippen molar-refractivity contribution in [2.45, 2.75) is 51.6 Å². The van der Waals surface area contributed by atoms with Crippen LogP contribution in [0.25, 0.3) is 0 Å². The zero-order valence-corrected chi connectivity index (χ0v) is 20.0. The molecule has 2 bridgehead atoms. The molecule has 8 nitrogen and oxygen atoms in total. The van der Waals surface area contributed by atoms with Gasteiger partial charge in [0.2, 0.25) is 0 Å². The average Bonchev–Trinajstić information content (AvgIpc) is 3.11. The molecule has 2 spiro atoms. The van der Waals surface area contributed by atoms with Gasteiger partial charge in [0.25, 0.3) is 5.96 Å². The molecule has 4 rings (SSSR count). The van der Waals surface area contributed by atoms with Crippen molar-refractivity contribution in [3.63, 3.8) is 0 Å². The Balaban J connectivity index is 1.92. The molecular weight excluding hydrogens is 408 g/mol. The first-order chi connectivity index (χ1) is 15.2. The van der Waals surface area contributed by atoms with Crippen LogP contribution < -0.4 is 21.1 Å². The lowest BCUT2D eigenvalue weighted by Crippen LogP contribution is -3.19. The molecule has 7 atom stereocenters. The lowest BCUT2D eigenvalue weighted by Gasteiger charge is -2.60. The summed E-state index contributed by atoms with van der Waals surface area (Å²) in [5, 5.41) is 27.6. The van der Waals surface area contributed by atoms with E-state index in [-0.39, 0.29) is 23.5 Å². The Morgan fingerprint density at radius 1 is 1.41 bits per heavy atom. The first-order valence-corrected chi connectivity index (χ1v) is 12.2. The Hall–Kier alpha value is -1.48. The minimum Gasteiger partial charge on any atom is -0.545 e. The van der Waals surface area contributed by atoms with E-state index in [1.54, 1.807) is 7.05 Å². The van der Waals surface area contributed by atoms with Gasteiger partial charge < -0.3 is 30.8 Å². The van der Waals surface area contributed by atoms with Crippen LogP contribution in [0.15, 0.2) is 16.1 Å². The first-order valence-electron chi connectivity index (χ1n) is 12.2. The van der Waals surface area contributed by atoms with Crippen LogP contribution in [-0.4, -0.2) is 69.6 Å². The standard InChI is InChI=1S/C24H40N4O4/c1-5-32-14-22(31)12-23-15(2)6-7-16(10-18(23)19(22)20(29)30)24(23)13-28(21(25)27-4)9-8-17(24)11-26-3/h15-17,26,31H,5-14H2,1-4H3,(H2,25,27)(H,29,30). The summed E-state index contributed by atoms with van der Waals surface area (Å²) in [7, 11) is 3.73. The van der Waals surface area contributed by atoms with E-state index in [9.17, 15) is 15.0 Å². The van der Waals surface area contributed by atoms with E-state index in [1.165, 1.54) is 4.90 Å². The number of nitrogens with zero attached hydrogens (tertiary/aromatic N) is 1. The fourth-order valence-electron chi connectivity index (χ4n) is 8.48. The molecule has 180 valence electrons. The monoisotopic (exact) mass is 448 g/mol. The molecule has 0 amide bonds. The van der Waals surface area contributed by atoms with E-state index in [0.29, 0.717) is 30.8 Å². The SMILES string of the molecule is CCOCC1(O)CC23C(=C1C(=O)[O-])CC(CCC2C)C31C[NH+](C(N)=NC)CCC1CNC. The molecule has 0 aromatic heterocycles. The third-order valence-corrected chi connectivity index (χ3v) is 9.51. The summed E-state index contributed by atoms with van der Waals surface area (Å²) in [5.41, 5.74) is 5.33. The number of allylic oxidation sites excluding steroid dienone is 1. The van der Waals surface area contributed by atoms with Gasteiger partial charge in [0.05, 0.1) is 25.7 Å². The van der Waals surface area contributed by atoms with Gasteiger partial charge in [0.1, 0.15) is 5.60 Å². The molecule has 4 aliphatic rings.